The average molecular weight is 275 g/mol. The van der Waals surface area contributed by atoms with E-state index in [1.807, 2.05) is 6.55 Å². The Morgan fingerprint density at radius 3 is 2.12 bits per heavy atom. The van der Waals surface area contributed by atoms with E-state index in [1.165, 1.54) is 37.7 Å². The summed E-state index contributed by atoms with van der Waals surface area (Å²) in [5.74, 6) is 0. The molecule has 0 aromatic heterocycles. The van der Waals surface area contributed by atoms with E-state index >= 15 is 0 Å². The van der Waals surface area contributed by atoms with Crippen LogP contribution in [0.25, 0.3) is 0 Å². The summed E-state index contributed by atoms with van der Waals surface area (Å²) in [6.45, 7) is 2.02. The fourth-order valence-corrected chi connectivity index (χ4v) is 3.23. The maximum atomic E-state index is 6.16. The van der Waals surface area contributed by atoms with E-state index in [9.17, 15) is 0 Å². The van der Waals surface area contributed by atoms with Gasteiger partial charge < -0.3 is 0 Å². The van der Waals surface area contributed by atoms with Crippen molar-refractivity contribution in [3.05, 3.63) is 29.8 Å². The van der Waals surface area contributed by atoms with E-state index in [4.69, 9.17) is 22.2 Å². The molecule has 1 rings (SSSR count). The summed E-state index contributed by atoms with van der Waals surface area (Å²) in [5, 5.41) is 1.10. The first-order valence-electron chi connectivity index (χ1n) is 6.01. The molecule has 1 aromatic rings. The zero-order chi connectivity index (χ0) is 12.0. The van der Waals surface area contributed by atoms with Crippen LogP contribution in [-0.2, 0) is 6.42 Å². The van der Waals surface area contributed by atoms with Crippen LogP contribution in [0.3, 0.4) is 0 Å². The van der Waals surface area contributed by atoms with Gasteiger partial charge in [-0.15, -0.1) is 22.2 Å². The molecule has 0 spiro atoms. The Balaban J connectivity index is 2.46. The molecule has 0 saturated carbocycles. The van der Waals surface area contributed by atoms with Gasteiger partial charge in [0.2, 0.25) is 0 Å². The minimum Gasteiger partial charge on any atom is -0.140 e. The molecular formula is C13H20Cl2Si. The number of rotatable bonds is 6. The van der Waals surface area contributed by atoms with Crippen LogP contribution in [0.1, 0.15) is 38.2 Å². The second kappa shape index (κ2) is 6.68. The van der Waals surface area contributed by atoms with Crippen LogP contribution in [0.2, 0.25) is 6.55 Å². The summed E-state index contributed by atoms with van der Waals surface area (Å²) in [7, 11) is 0. The summed E-state index contributed by atoms with van der Waals surface area (Å²) in [6.07, 6.45) is 6.41. The van der Waals surface area contributed by atoms with Crippen LogP contribution in [0.4, 0.5) is 0 Å². The highest BCUT2D eigenvalue weighted by molar-refractivity contribution is 7.50. The highest BCUT2D eigenvalue weighted by Crippen LogP contribution is 2.15. The van der Waals surface area contributed by atoms with Gasteiger partial charge in [-0.3, -0.25) is 0 Å². The molecule has 0 unspecified atom stereocenters. The molecule has 16 heavy (non-hydrogen) atoms. The predicted molar refractivity (Wildman–Crippen MR) is 77.2 cm³/mol. The smallest absolute Gasteiger partial charge is 0.140 e. The molecule has 0 aliphatic heterocycles. The topological polar surface area (TPSA) is 0 Å². The van der Waals surface area contributed by atoms with E-state index < -0.39 is 6.69 Å². The first-order valence-corrected chi connectivity index (χ1v) is 10.5. The van der Waals surface area contributed by atoms with E-state index in [1.54, 1.807) is 0 Å². The van der Waals surface area contributed by atoms with Gasteiger partial charge >= 0.3 is 0 Å². The molecule has 1 aromatic carbocycles. The first kappa shape index (κ1) is 14.1. The molecule has 0 atom stereocenters. The number of halogens is 2. The molecule has 3 heteroatoms. The average Bonchev–Trinajstić information content (AvgIpc) is 2.24. The molecule has 0 heterocycles. The minimum atomic E-state index is -2.16. The van der Waals surface area contributed by atoms with Gasteiger partial charge in [-0.25, -0.2) is 0 Å². The van der Waals surface area contributed by atoms with Crippen LogP contribution in [0.15, 0.2) is 24.3 Å². The summed E-state index contributed by atoms with van der Waals surface area (Å²) in [4.78, 5) is 0. The SMILES string of the molecule is CCCCCCc1ccc([Si](C)(Cl)Cl)cc1. The van der Waals surface area contributed by atoms with Gasteiger partial charge in [0.1, 0.15) is 0 Å². The van der Waals surface area contributed by atoms with Crippen LogP contribution < -0.4 is 5.19 Å². The molecule has 0 fully saturated rings. The summed E-state index contributed by atoms with van der Waals surface area (Å²) in [5.41, 5.74) is 1.39. The first-order chi connectivity index (χ1) is 7.54. The van der Waals surface area contributed by atoms with E-state index in [-0.39, 0.29) is 0 Å². The molecule has 0 amide bonds. The maximum absolute atomic E-state index is 6.16. The van der Waals surface area contributed by atoms with Gasteiger partial charge in [0.15, 0.2) is 0 Å². The molecule has 0 nitrogen and oxygen atoms in total. The Morgan fingerprint density at radius 2 is 1.62 bits per heavy atom. The van der Waals surface area contributed by atoms with Crippen molar-refractivity contribution < 1.29 is 0 Å². The quantitative estimate of drug-likeness (QED) is 0.405. The Bertz CT molecular complexity index is 301. The standard InChI is InChI=1S/C13H20Cl2Si/c1-3-4-5-6-7-12-8-10-13(11-9-12)16(2,14)15/h8-11H,3-7H2,1-2H3. The van der Waals surface area contributed by atoms with Crippen molar-refractivity contribution in [2.45, 2.75) is 45.6 Å². The van der Waals surface area contributed by atoms with Gasteiger partial charge in [-0.2, -0.15) is 0 Å². The fourth-order valence-electron chi connectivity index (χ4n) is 1.72. The third-order valence-corrected chi connectivity index (χ3v) is 5.44. The predicted octanol–water partition coefficient (Wildman–Crippen LogP) is 4.57. The number of hydrogen-bond donors (Lipinski definition) is 0. The molecule has 0 bridgehead atoms. The van der Waals surface area contributed by atoms with Crippen molar-refractivity contribution in [1.29, 1.82) is 0 Å². The molecule has 0 aliphatic rings. The van der Waals surface area contributed by atoms with E-state index in [0.717, 1.165) is 5.19 Å². The lowest BCUT2D eigenvalue weighted by molar-refractivity contribution is 0.667. The van der Waals surface area contributed by atoms with Crippen molar-refractivity contribution in [2.24, 2.45) is 0 Å². The Hall–Kier alpha value is 0.0169. The lowest BCUT2D eigenvalue weighted by atomic mass is 10.1. The summed E-state index contributed by atoms with van der Waals surface area (Å²) >= 11 is 12.3. The van der Waals surface area contributed by atoms with Crippen molar-refractivity contribution in [3.8, 4) is 0 Å². The van der Waals surface area contributed by atoms with Crippen molar-refractivity contribution in [3.63, 3.8) is 0 Å². The second-order valence-electron chi connectivity index (χ2n) is 4.40. The maximum Gasteiger partial charge on any atom is 0.277 e. The van der Waals surface area contributed by atoms with Crippen LogP contribution >= 0.6 is 22.2 Å². The fraction of sp³-hybridized carbons (Fsp3) is 0.538. The number of hydrogen-bond acceptors (Lipinski definition) is 0. The summed E-state index contributed by atoms with van der Waals surface area (Å²) in [6, 6.07) is 8.50. The molecule has 0 radical (unpaired) electrons. The lowest BCUT2D eigenvalue weighted by Crippen LogP contribution is -2.32. The summed E-state index contributed by atoms with van der Waals surface area (Å²) < 4.78 is 0. The van der Waals surface area contributed by atoms with Crippen molar-refractivity contribution in [2.75, 3.05) is 0 Å². The van der Waals surface area contributed by atoms with Crippen molar-refractivity contribution >= 4 is 34.0 Å². The monoisotopic (exact) mass is 274 g/mol. The largest absolute Gasteiger partial charge is 0.277 e. The minimum absolute atomic E-state index is 1.10. The van der Waals surface area contributed by atoms with Gasteiger partial charge in [-0.1, -0.05) is 50.5 Å². The zero-order valence-electron chi connectivity index (χ0n) is 10.1. The second-order valence-corrected chi connectivity index (χ2v) is 11.9. The van der Waals surface area contributed by atoms with Gasteiger partial charge in [0, 0.05) is 0 Å². The van der Waals surface area contributed by atoms with Gasteiger partial charge in [-0.05, 0) is 30.1 Å². The molecule has 0 aliphatic carbocycles. The molecular weight excluding hydrogens is 255 g/mol. The number of aryl methyl sites for hydroxylation is 1. The van der Waals surface area contributed by atoms with Gasteiger partial charge in [0.05, 0.1) is 0 Å². The van der Waals surface area contributed by atoms with E-state index in [2.05, 4.69) is 31.2 Å². The molecule has 0 saturated heterocycles. The Kier molecular flexibility index (Phi) is 5.88. The lowest BCUT2D eigenvalue weighted by Gasteiger charge is -2.11. The Labute approximate surface area is 109 Å². The van der Waals surface area contributed by atoms with E-state index in [0.29, 0.717) is 0 Å². The normalized spacial score (nSPS) is 11.8. The molecule has 0 N–H and O–H groups in total. The molecule has 90 valence electrons. The van der Waals surface area contributed by atoms with Crippen LogP contribution in [0.5, 0.6) is 0 Å². The zero-order valence-corrected chi connectivity index (χ0v) is 12.6. The number of unbranched alkanes of at least 4 members (excludes halogenated alkanes) is 3. The third-order valence-electron chi connectivity index (χ3n) is 2.78. The van der Waals surface area contributed by atoms with Crippen LogP contribution in [-0.4, -0.2) is 6.69 Å². The Morgan fingerprint density at radius 1 is 1.00 bits per heavy atom. The van der Waals surface area contributed by atoms with Crippen LogP contribution in [0, 0.1) is 0 Å². The third kappa shape index (κ3) is 4.90. The van der Waals surface area contributed by atoms with Gasteiger partial charge in [0.25, 0.3) is 6.69 Å². The highest BCUT2D eigenvalue weighted by Gasteiger charge is 2.23. The van der Waals surface area contributed by atoms with Crippen molar-refractivity contribution in [1.82, 2.24) is 0 Å². The highest BCUT2D eigenvalue weighted by atomic mass is 35.7. The number of benzene rings is 1.